The van der Waals surface area contributed by atoms with Crippen molar-refractivity contribution in [2.24, 2.45) is 0 Å². The van der Waals surface area contributed by atoms with Gasteiger partial charge in [0, 0.05) is 49.9 Å². The molecule has 1 amide bonds. The van der Waals surface area contributed by atoms with Gasteiger partial charge in [0.25, 0.3) is 5.91 Å². The quantitative estimate of drug-likeness (QED) is 0.333. The SMILES string of the molecule is CCCCC.CNc1nc(N2CCCCCC2)ccc1C(=N)c1cnc(C(=O)NCc2ccccn2)nc1. The van der Waals surface area contributed by atoms with Crippen LogP contribution in [0.3, 0.4) is 0 Å². The largest absolute Gasteiger partial charge is 0.373 e. The molecule has 0 aliphatic carbocycles. The zero-order valence-corrected chi connectivity index (χ0v) is 22.8. The summed E-state index contributed by atoms with van der Waals surface area (Å²) in [7, 11) is 1.80. The van der Waals surface area contributed by atoms with Crippen molar-refractivity contribution in [3.05, 3.63) is 71.6 Å². The molecule has 4 rings (SSSR count). The van der Waals surface area contributed by atoms with Crippen LogP contribution >= 0.6 is 0 Å². The summed E-state index contributed by atoms with van der Waals surface area (Å²) in [5.74, 6) is 1.22. The molecule has 1 aliphatic rings. The second-order valence-electron chi connectivity index (χ2n) is 9.24. The Labute approximate surface area is 226 Å². The molecule has 9 nitrogen and oxygen atoms in total. The number of rotatable bonds is 9. The van der Waals surface area contributed by atoms with E-state index in [0.29, 0.717) is 23.5 Å². The van der Waals surface area contributed by atoms with Gasteiger partial charge in [-0.05, 0) is 37.1 Å². The predicted molar refractivity (Wildman–Crippen MR) is 153 cm³/mol. The van der Waals surface area contributed by atoms with Crippen LogP contribution in [0.5, 0.6) is 0 Å². The fourth-order valence-corrected chi connectivity index (χ4v) is 4.15. The van der Waals surface area contributed by atoms with Gasteiger partial charge >= 0.3 is 0 Å². The zero-order valence-electron chi connectivity index (χ0n) is 22.8. The van der Waals surface area contributed by atoms with E-state index in [1.54, 1.807) is 13.2 Å². The van der Waals surface area contributed by atoms with Crippen molar-refractivity contribution in [1.82, 2.24) is 25.3 Å². The van der Waals surface area contributed by atoms with Crippen LogP contribution in [-0.4, -0.2) is 51.7 Å². The summed E-state index contributed by atoms with van der Waals surface area (Å²) in [5, 5.41) is 14.5. The van der Waals surface area contributed by atoms with Crippen LogP contribution in [0.25, 0.3) is 0 Å². The standard InChI is InChI=1S/C24H28N8O.C5H12/c1-26-22-19(9-10-20(31-22)32-12-6-2-3-7-13-32)21(25)17-14-28-23(29-15-17)24(33)30-16-18-8-4-5-11-27-18;1-3-5-4-2/h4-5,8-11,14-15,25H,2-3,6-7,12-13,16H2,1H3,(H,26,31)(H,30,33);3-5H2,1-2H3. The molecular formula is C29H40N8O. The van der Waals surface area contributed by atoms with E-state index < -0.39 is 5.91 Å². The molecule has 0 saturated carbocycles. The van der Waals surface area contributed by atoms with Gasteiger partial charge in [0.05, 0.1) is 18.0 Å². The monoisotopic (exact) mass is 516 g/mol. The van der Waals surface area contributed by atoms with Crippen molar-refractivity contribution in [3.8, 4) is 0 Å². The fraction of sp³-hybridized carbons (Fsp3) is 0.448. The third-order valence-electron chi connectivity index (χ3n) is 6.32. The number of carbonyl (C=O) groups is 1. The number of nitrogens with one attached hydrogen (secondary N) is 3. The van der Waals surface area contributed by atoms with Gasteiger partial charge in [-0.25, -0.2) is 15.0 Å². The molecule has 202 valence electrons. The summed E-state index contributed by atoms with van der Waals surface area (Å²) in [6, 6.07) is 9.39. The van der Waals surface area contributed by atoms with E-state index in [9.17, 15) is 4.79 Å². The van der Waals surface area contributed by atoms with E-state index in [2.05, 4.69) is 44.3 Å². The molecule has 3 aromatic heterocycles. The maximum atomic E-state index is 12.3. The van der Waals surface area contributed by atoms with Crippen LogP contribution in [0.4, 0.5) is 11.6 Å². The van der Waals surface area contributed by atoms with Gasteiger partial charge in [0.2, 0.25) is 5.82 Å². The third-order valence-corrected chi connectivity index (χ3v) is 6.32. The lowest BCUT2D eigenvalue weighted by Crippen LogP contribution is -2.26. The second kappa shape index (κ2) is 15.4. The average Bonchev–Trinajstić information content (AvgIpc) is 3.26. The molecule has 3 aromatic rings. The van der Waals surface area contributed by atoms with Gasteiger partial charge in [-0.3, -0.25) is 15.2 Å². The Morgan fingerprint density at radius 2 is 1.68 bits per heavy atom. The van der Waals surface area contributed by atoms with E-state index in [-0.39, 0.29) is 11.5 Å². The number of unbranched alkanes of at least 4 members (excludes halogenated alkanes) is 2. The van der Waals surface area contributed by atoms with E-state index in [0.717, 1.165) is 24.6 Å². The average molecular weight is 517 g/mol. The summed E-state index contributed by atoms with van der Waals surface area (Å²) in [6.07, 6.45) is 13.6. The van der Waals surface area contributed by atoms with Crippen LogP contribution in [-0.2, 0) is 6.54 Å². The molecule has 0 bridgehead atoms. The van der Waals surface area contributed by atoms with Crippen LogP contribution in [0.2, 0.25) is 0 Å². The minimum Gasteiger partial charge on any atom is -0.373 e. The molecule has 0 atom stereocenters. The number of nitrogens with zero attached hydrogens (tertiary/aromatic N) is 5. The lowest BCUT2D eigenvalue weighted by atomic mass is 10.1. The molecule has 0 aromatic carbocycles. The molecule has 0 unspecified atom stereocenters. The minimum atomic E-state index is -0.391. The Morgan fingerprint density at radius 1 is 0.974 bits per heavy atom. The number of hydrogen-bond donors (Lipinski definition) is 3. The van der Waals surface area contributed by atoms with Crippen molar-refractivity contribution in [2.45, 2.75) is 65.3 Å². The molecule has 9 heteroatoms. The number of amides is 1. The van der Waals surface area contributed by atoms with Gasteiger partial charge in [-0.2, -0.15) is 0 Å². The van der Waals surface area contributed by atoms with Crippen molar-refractivity contribution in [2.75, 3.05) is 30.4 Å². The first-order chi connectivity index (χ1) is 18.6. The Bertz CT molecular complexity index is 1140. The van der Waals surface area contributed by atoms with E-state index in [4.69, 9.17) is 10.4 Å². The number of anilines is 2. The summed E-state index contributed by atoms with van der Waals surface area (Å²) in [4.78, 5) is 31.9. The Hall–Kier alpha value is -3.88. The fourth-order valence-electron chi connectivity index (χ4n) is 4.15. The number of aromatic nitrogens is 4. The molecule has 1 fully saturated rings. The van der Waals surface area contributed by atoms with E-state index in [1.807, 2.05) is 30.3 Å². The highest BCUT2D eigenvalue weighted by Crippen LogP contribution is 2.23. The lowest BCUT2D eigenvalue weighted by Gasteiger charge is -2.22. The van der Waals surface area contributed by atoms with Gasteiger partial charge in [-0.15, -0.1) is 0 Å². The van der Waals surface area contributed by atoms with Crippen LogP contribution in [0.15, 0.2) is 48.9 Å². The maximum Gasteiger partial charge on any atom is 0.289 e. The maximum absolute atomic E-state index is 12.3. The summed E-state index contributed by atoms with van der Waals surface area (Å²) < 4.78 is 0. The van der Waals surface area contributed by atoms with Gasteiger partial charge < -0.3 is 15.5 Å². The molecule has 1 saturated heterocycles. The number of carbonyl (C=O) groups excluding carboxylic acids is 1. The Balaban J connectivity index is 0.000000732. The lowest BCUT2D eigenvalue weighted by molar-refractivity contribution is 0.0940. The molecule has 1 aliphatic heterocycles. The first kappa shape index (κ1) is 28.7. The molecule has 3 N–H and O–H groups in total. The highest BCUT2D eigenvalue weighted by atomic mass is 16.2. The van der Waals surface area contributed by atoms with Crippen molar-refractivity contribution >= 4 is 23.3 Å². The molecule has 4 heterocycles. The van der Waals surface area contributed by atoms with Gasteiger partial charge in [0.1, 0.15) is 11.6 Å². The predicted octanol–water partition coefficient (Wildman–Crippen LogP) is 5.23. The second-order valence-corrected chi connectivity index (χ2v) is 9.24. The molecule has 0 spiro atoms. The Morgan fingerprint density at radius 3 is 2.26 bits per heavy atom. The summed E-state index contributed by atoms with van der Waals surface area (Å²) >= 11 is 0. The summed E-state index contributed by atoms with van der Waals surface area (Å²) in [5.41, 5.74) is 2.17. The van der Waals surface area contributed by atoms with E-state index >= 15 is 0 Å². The Kier molecular flexibility index (Phi) is 11.6. The van der Waals surface area contributed by atoms with E-state index in [1.165, 1.54) is 57.3 Å². The zero-order chi connectivity index (χ0) is 27.2. The van der Waals surface area contributed by atoms with Gasteiger partial charge in [0.15, 0.2) is 0 Å². The minimum absolute atomic E-state index is 0.0472. The van der Waals surface area contributed by atoms with Gasteiger partial charge in [-0.1, -0.05) is 52.0 Å². The topological polar surface area (TPSA) is 120 Å². The first-order valence-corrected chi connectivity index (χ1v) is 13.6. The molecular weight excluding hydrogens is 476 g/mol. The molecule has 0 radical (unpaired) electrons. The van der Waals surface area contributed by atoms with Crippen molar-refractivity contribution in [1.29, 1.82) is 5.41 Å². The normalized spacial score (nSPS) is 13.1. The molecule has 38 heavy (non-hydrogen) atoms. The third kappa shape index (κ3) is 8.33. The highest BCUT2D eigenvalue weighted by Gasteiger charge is 2.17. The number of hydrogen-bond acceptors (Lipinski definition) is 8. The van der Waals surface area contributed by atoms with Crippen molar-refractivity contribution in [3.63, 3.8) is 0 Å². The smallest absolute Gasteiger partial charge is 0.289 e. The first-order valence-electron chi connectivity index (χ1n) is 13.6. The summed E-state index contributed by atoms with van der Waals surface area (Å²) in [6.45, 7) is 6.73. The van der Waals surface area contributed by atoms with Crippen LogP contribution in [0, 0.1) is 5.41 Å². The highest BCUT2D eigenvalue weighted by molar-refractivity contribution is 6.13. The van der Waals surface area contributed by atoms with Crippen LogP contribution in [0.1, 0.15) is 86.2 Å². The number of pyridine rings is 2. The van der Waals surface area contributed by atoms with Crippen molar-refractivity contribution < 1.29 is 4.79 Å². The van der Waals surface area contributed by atoms with Crippen LogP contribution < -0.4 is 15.5 Å².